The number of methoxy groups -OCH3 is 1. The minimum atomic E-state index is 0.737. The summed E-state index contributed by atoms with van der Waals surface area (Å²) in [5.41, 5.74) is 1.26. The number of nitrogens with one attached hydrogen (secondary N) is 1. The van der Waals surface area contributed by atoms with Crippen molar-refractivity contribution in [3.8, 4) is 5.75 Å². The lowest BCUT2D eigenvalue weighted by atomic mass is 10.1. The van der Waals surface area contributed by atoms with Crippen LogP contribution in [0.3, 0.4) is 0 Å². The second-order valence-corrected chi connectivity index (χ2v) is 4.08. The van der Waals surface area contributed by atoms with Gasteiger partial charge in [-0.1, -0.05) is 12.1 Å². The Hall–Kier alpha value is -1.88. The highest BCUT2D eigenvalue weighted by Gasteiger charge is 2.00. The molecule has 0 radical (unpaired) electrons. The van der Waals surface area contributed by atoms with Crippen molar-refractivity contribution in [3.63, 3.8) is 0 Å². The van der Waals surface area contributed by atoms with Gasteiger partial charge in [0.25, 0.3) is 0 Å². The molecular formula is C13H18N4O. The molecule has 1 aromatic heterocycles. The highest BCUT2D eigenvalue weighted by Crippen LogP contribution is 2.12. The van der Waals surface area contributed by atoms with E-state index in [1.807, 2.05) is 19.2 Å². The fourth-order valence-electron chi connectivity index (χ4n) is 1.74. The maximum Gasteiger partial charge on any atom is 0.140 e. The second-order valence-electron chi connectivity index (χ2n) is 4.08. The van der Waals surface area contributed by atoms with Gasteiger partial charge in [-0.05, 0) is 30.7 Å². The van der Waals surface area contributed by atoms with Crippen LogP contribution < -0.4 is 10.1 Å². The van der Waals surface area contributed by atoms with Crippen LogP contribution in [0.4, 0.5) is 0 Å². The Labute approximate surface area is 107 Å². The number of aromatic nitrogens is 3. The lowest BCUT2D eigenvalue weighted by Crippen LogP contribution is -2.19. The third kappa shape index (κ3) is 3.30. The Balaban J connectivity index is 1.76. The van der Waals surface area contributed by atoms with E-state index in [2.05, 4.69) is 27.5 Å². The normalized spacial score (nSPS) is 10.6. The molecule has 0 saturated carbocycles. The molecule has 0 saturated heterocycles. The first-order chi connectivity index (χ1) is 8.79. The standard InChI is InChI=1S/C13H18N4O/c1-17-13(15-10-16-17)9-14-7-6-11-4-3-5-12(8-11)18-2/h3-5,8,10,14H,6-7,9H2,1-2H3. The topological polar surface area (TPSA) is 52.0 Å². The Morgan fingerprint density at radius 1 is 1.39 bits per heavy atom. The van der Waals surface area contributed by atoms with E-state index in [0.29, 0.717) is 0 Å². The largest absolute Gasteiger partial charge is 0.497 e. The molecule has 0 unspecified atom stereocenters. The van der Waals surface area contributed by atoms with Gasteiger partial charge in [0, 0.05) is 7.05 Å². The first-order valence-electron chi connectivity index (χ1n) is 5.96. The molecule has 5 heteroatoms. The van der Waals surface area contributed by atoms with Gasteiger partial charge in [0.1, 0.15) is 17.9 Å². The van der Waals surface area contributed by atoms with Gasteiger partial charge in [-0.25, -0.2) is 4.98 Å². The average molecular weight is 246 g/mol. The predicted molar refractivity (Wildman–Crippen MR) is 69.4 cm³/mol. The van der Waals surface area contributed by atoms with Gasteiger partial charge < -0.3 is 10.1 Å². The SMILES string of the molecule is COc1cccc(CCNCc2ncnn2C)c1. The second kappa shape index (κ2) is 6.16. The quantitative estimate of drug-likeness (QED) is 0.777. The van der Waals surface area contributed by atoms with Gasteiger partial charge >= 0.3 is 0 Å². The number of ether oxygens (including phenoxy) is 1. The van der Waals surface area contributed by atoms with Crippen LogP contribution in [0.25, 0.3) is 0 Å². The smallest absolute Gasteiger partial charge is 0.140 e. The highest BCUT2D eigenvalue weighted by atomic mass is 16.5. The number of nitrogens with zero attached hydrogens (tertiary/aromatic N) is 3. The first-order valence-corrected chi connectivity index (χ1v) is 5.96. The molecule has 0 amide bonds. The summed E-state index contributed by atoms with van der Waals surface area (Å²) in [7, 11) is 3.58. The summed E-state index contributed by atoms with van der Waals surface area (Å²) < 4.78 is 6.97. The first kappa shape index (κ1) is 12.6. The minimum Gasteiger partial charge on any atom is -0.497 e. The van der Waals surface area contributed by atoms with Crippen LogP contribution in [0.5, 0.6) is 5.75 Å². The zero-order valence-corrected chi connectivity index (χ0v) is 10.8. The highest BCUT2D eigenvalue weighted by molar-refractivity contribution is 5.28. The van der Waals surface area contributed by atoms with Crippen molar-refractivity contribution in [3.05, 3.63) is 42.0 Å². The van der Waals surface area contributed by atoms with E-state index in [4.69, 9.17) is 4.74 Å². The van der Waals surface area contributed by atoms with Crippen molar-refractivity contribution in [1.29, 1.82) is 0 Å². The number of rotatable bonds is 6. The monoisotopic (exact) mass is 246 g/mol. The average Bonchev–Trinajstić information content (AvgIpc) is 2.81. The number of hydrogen-bond acceptors (Lipinski definition) is 4. The molecule has 1 N–H and O–H groups in total. The molecule has 0 fully saturated rings. The third-order valence-electron chi connectivity index (χ3n) is 2.81. The summed E-state index contributed by atoms with van der Waals surface area (Å²) in [5.74, 6) is 1.85. The molecule has 96 valence electrons. The van der Waals surface area contributed by atoms with Crippen molar-refractivity contribution in [1.82, 2.24) is 20.1 Å². The van der Waals surface area contributed by atoms with Crippen molar-refractivity contribution in [2.45, 2.75) is 13.0 Å². The molecule has 2 aromatic rings. The zero-order valence-electron chi connectivity index (χ0n) is 10.8. The molecule has 0 aliphatic heterocycles. The molecule has 0 aliphatic carbocycles. The Morgan fingerprint density at radius 2 is 2.28 bits per heavy atom. The van der Waals surface area contributed by atoms with Gasteiger partial charge in [0.05, 0.1) is 13.7 Å². The summed E-state index contributed by atoms with van der Waals surface area (Å²) in [6.45, 7) is 1.64. The van der Waals surface area contributed by atoms with Crippen molar-refractivity contribution in [2.75, 3.05) is 13.7 Å². The van der Waals surface area contributed by atoms with Gasteiger partial charge in [0.2, 0.25) is 0 Å². The molecule has 1 heterocycles. The van der Waals surface area contributed by atoms with Crippen LogP contribution in [0.2, 0.25) is 0 Å². The van der Waals surface area contributed by atoms with Crippen LogP contribution in [-0.2, 0) is 20.0 Å². The van der Waals surface area contributed by atoms with E-state index in [0.717, 1.165) is 31.1 Å². The summed E-state index contributed by atoms with van der Waals surface area (Å²) in [6.07, 6.45) is 2.54. The maximum atomic E-state index is 5.19. The van der Waals surface area contributed by atoms with E-state index in [-0.39, 0.29) is 0 Å². The van der Waals surface area contributed by atoms with Crippen molar-refractivity contribution < 1.29 is 4.74 Å². The Morgan fingerprint density at radius 3 is 3.00 bits per heavy atom. The third-order valence-corrected chi connectivity index (χ3v) is 2.81. The predicted octanol–water partition coefficient (Wildman–Crippen LogP) is 1.16. The lowest BCUT2D eigenvalue weighted by Gasteiger charge is -2.06. The summed E-state index contributed by atoms with van der Waals surface area (Å²) in [5, 5.41) is 7.38. The fraction of sp³-hybridized carbons (Fsp3) is 0.385. The molecule has 1 aromatic carbocycles. The number of aryl methyl sites for hydroxylation is 1. The van der Waals surface area contributed by atoms with Crippen LogP contribution in [-0.4, -0.2) is 28.4 Å². The fourth-order valence-corrected chi connectivity index (χ4v) is 1.74. The number of hydrogen-bond donors (Lipinski definition) is 1. The van der Waals surface area contributed by atoms with E-state index >= 15 is 0 Å². The van der Waals surface area contributed by atoms with E-state index in [1.54, 1.807) is 18.1 Å². The van der Waals surface area contributed by atoms with Gasteiger partial charge in [-0.2, -0.15) is 5.10 Å². The number of benzene rings is 1. The van der Waals surface area contributed by atoms with Crippen molar-refractivity contribution in [2.24, 2.45) is 7.05 Å². The molecule has 18 heavy (non-hydrogen) atoms. The minimum absolute atomic E-state index is 0.737. The molecular weight excluding hydrogens is 228 g/mol. The van der Waals surface area contributed by atoms with Gasteiger partial charge in [-0.15, -0.1) is 0 Å². The molecule has 2 rings (SSSR count). The molecule has 0 aliphatic rings. The van der Waals surface area contributed by atoms with Gasteiger partial charge in [-0.3, -0.25) is 4.68 Å². The molecule has 5 nitrogen and oxygen atoms in total. The Kier molecular flexibility index (Phi) is 4.30. The molecule has 0 bridgehead atoms. The molecule has 0 atom stereocenters. The zero-order chi connectivity index (χ0) is 12.8. The van der Waals surface area contributed by atoms with E-state index < -0.39 is 0 Å². The molecule has 0 spiro atoms. The summed E-state index contributed by atoms with van der Waals surface area (Å²) in [4.78, 5) is 4.16. The van der Waals surface area contributed by atoms with Crippen LogP contribution >= 0.6 is 0 Å². The summed E-state index contributed by atoms with van der Waals surface area (Å²) >= 11 is 0. The maximum absolute atomic E-state index is 5.19. The van der Waals surface area contributed by atoms with Crippen LogP contribution in [0.1, 0.15) is 11.4 Å². The van der Waals surface area contributed by atoms with Crippen LogP contribution in [0, 0.1) is 0 Å². The van der Waals surface area contributed by atoms with Gasteiger partial charge in [0.15, 0.2) is 0 Å². The van der Waals surface area contributed by atoms with E-state index in [1.165, 1.54) is 5.56 Å². The van der Waals surface area contributed by atoms with Crippen molar-refractivity contribution >= 4 is 0 Å². The Bertz CT molecular complexity index is 495. The summed E-state index contributed by atoms with van der Waals surface area (Å²) in [6, 6.07) is 8.13. The van der Waals surface area contributed by atoms with E-state index in [9.17, 15) is 0 Å². The van der Waals surface area contributed by atoms with Crippen LogP contribution in [0.15, 0.2) is 30.6 Å². The lowest BCUT2D eigenvalue weighted by molar-refractivity contribution is 0.414.